The van der Waals surface area contributed by atoms with Crippen molar-refractivity contribution < 1.29 is 22.7 Å². The topological polar surface area (TPSA) is 64.4 Å². The number of carbonyl (C=O) groups is 1. The van der Waals surface area contributed by atoms with Crippen molar-refractivity contribution in [3.8, 4) is 5.75 Å². The molecule has 1 aromatic rings. The summed E-state index contributed by atoms with van der Waals surface area (Å²) >= 11 is 0. The highest BCUT2D eigenvalue weighted by Gasteiger charge is 2.34. The van der Waals surface area contributed by atoms with Gasteiger partial charge in [0, 0.05) is 6.54 Å². The minimum Gasteiger partial charge on any atom is -0.497 e. The lowest BCUT2D eigenvalue weighted by molar-refractivity contribution is -0.137. The molecule has 1 aromatic carbocycles. The lowest BCUT2D eigenvalue weighted by Gasteiger charge is -2.17. The van der Waals surface area contributed by atoms with E-state index in [2.05, 4.69) is 5.32 Å². The summed E-state index contributed by atoms with van der Waals surface area (Å²) in [5.41, 5.74) is 4.16. The molecule has 0 aliphatic heterocycles. The Morgan fingerprint density at radius 3 is 2.55 bits per heavy atom. The molecule has 20 heavy (non-hydrogen) atoms. The number of hydrogen-bond acceptors (Lipinski definition) is 3. The average Bonchev–Trinajstić information content (AvgIpc) is 2.39. The van der Waals surface area contributed by atoms with Gasteiger partial charge >= 0.3 is 6.18 Å². The summed E-state index contributed by atoms with van der Waals surface area (Å²) in [6, 6.07) is 3.37. The van der Waals surface area contributed by atoms with E-state index < -0.39 is 23.6 Å². The number of hydrogen-bond donors (Lipinski definition) is 2. The Morgan fingerprint density at radius 2 is 2.10 bits per heavy atom. The maximum atomic E-state index is 12.9. The Morgan fingerprint density at radius 1 is 1.45 bits per heavy atom. The Hall–Kier alpha value is -1.76. The van der Waals surface area contributed by atoms with Crippen molar-refractivity contribution >= 4 is 11.6 Å². The monoisotopic (exact) mass is 290 g/mol. The van der Waals surface area contributed by atoms with Crippen LogP contribution in [-0.2, 0) is 11.0 Å². The molecule has 0 aromatic heterocycles. The lowest BCUT2D eigenvalue weighted by Crippen LogP contribution is -2.29. The molecule has 4 nitrogen and oxygen atoms in total. The molecule has 0 aliphatic rings. The number of halogens is 3. The van der Waals surface area contributed by atoms with Gasteiger partial charge in [0.15, 0.2) is 0 Å². The van der Waals surface area contributed by atoms with Crippen molar-refractivity contribution in [2.45, 2.75) is 19.5 Å². The van der Waals surface area contributed by atoms with Crippen molar-refractivity contribution in [1.29, 1.82) is 0 Å². The second-order valence-corrected chi connectivity index (χ2v) is 4.24. The normalized spacial score (nSPS) is 12.9. The fraction of sp³-hybridized carbons (Fsp3) is 0.462. The molecule has 1 unspecified atom stereocenters. The van der Waals surface area contributed by atoms with E-state index in [4.69, 9.17) is 10.5 Å². The molecule has 0 radical (unpaired) electrons. The van der Waals surface area contributed by atoms with Crippen LogP contribution in [0.2, 0.25) is 0 Å². The van der Waals surface area contributed by atoms with Crippen molar-refractivity contribution in [2.24, 2.45) is 11.7 Å². The van der Waals surface area contributed by atoms with Gasteiger partial charge in [0.1, 0.15) is 5.75 Å². The highest BCUT2D eigenvalue weighted by molar-refractivity contribution is 5.93. The first kappa shape index (κ1) is 16.3. The molecule has 1 amide bonds. The number of anilines is 1. The number of nitrogens with two attached hydrogens (primary N) is 1. The van der Waals surface area contributed by atoms with Crippen molar-refractivity contribution in [3.05, 3.63) is 23.8 Å². The molecule has 0 aliphatic carbocycles. The second-order valence-electron chi connectivity index (χ2n) is 4.24. The molecule has 0 heterocycles. The molecule has 0 saturated heterocycles. The van der Waals surface area contributed by atoms with Gasteiger partial charge in [-0.15, -0.1) is 0 Å². The van der Waals surface area contributed by atoms with Crippen LogP contribution in [0.25, 0.3) is 0 Å². The number of ether oxygens (including phenoxy) is 1. The van der Waals surface area contributed by atoms with Gasteiger partial charge in [-0.25, -0.2) is 0 Å². The molecule has 0 saturated carbocycles. The van der Waals surface area contributed by atoms with Gasteiger partial charge in [-0.3, -0.25) is 4.79 Å². The predicted octanol–water partition coefficient (Wildman–Crippen LogP) is 2.64. The van der Waals surface area contributed by atoms with Crippen molar-refractivity contribution in [2.75, 3.05) is 19.0 Å². The number of nitrogens with one attached hydrogen (secondary N) is 1. The van der Waals surface area contributed by atoms with Crippen LogP contribution in [0.1, 0.15) is 18.9 Å². The van der Waals surface area contributed by atoms with Crippen LogP contribution in [0.15, 0.2) is 18.2 Å². The smallest absolute Gasteiger partial charge is 0.418 e. The standard InChI is InChI=1S/C13H17F3N2O2/c1-3-8(7-17)12(19)18-11-5-4-9(20-2)6-10(11)13(14,15)16/h4-6,8H,3,7,17H2,1-2H3,(H,18,19). The number of alkyl halides is 3. The summed E-state index contributed by atoms with van der Waals surface area (Å²) in [6.07, 6.45) is -4.12. The molecule has 0 spiro atoms. The van der Waals surface area contributed by atoms with E-state index in [0.29, 0.717) is 6.42 Å². The summed E-state index contributed by atoms with van der Waals surface area (Å²) in [7, 11) is 1.27. The maximum absolute atomic E-state index is 12.9. The quantitative estimate of drug-likeness (QED) is 0.876. The van der Waals surface area contributed by atoms with E-state index in [1.807, 2.05) is 0 Å². The number of carbonyl (C=O) groups excluding carboxylic acids is 1. The molecule has 1 atom stereocenters. The van der Waals surface area contributed by atoms with Gasteiger partial charge in [-0.1, -0.05) is 6.92 Å². The molecule has 0 bridgehead atoms. The average molecular weight is 290 g/mol. The van der Waals surface area contributed by atoms with Gasteiger partial charge in [0.25, 0.3) is 0 Å². The highest BCUT2D eigenvalue weighted by Crippen LogP contribution is 2.37. The van der Waals surface area contributed by atoms with E-state index in [-0.39, 0.29) is 18.0 Å². The van der Waals surface area contributed by atoms with Gasteiger partial charge in [0.05, 0.1) is 24.3 Å². The van der Waals surface area contributed by atoms with Crippen molar-refractivity contribution in [1.82, 2.24) is 0 Å². The van der Waals surface area contributed by atoms with E-state index in [1.165, 1.54) is 19.2 Å². The van der Waals surface area contributed by atoms with Crippen LogP contribution in [0.4, 0.5) is 18.9 Å². The number of methoxy groups -OCH3 is 1. The summed E-state index contributed by atoms with van der Waals surface area (Å²) in [5, 5.41) is 2.28. The zero-order valence-corrected chi connectivity index (χ0v) is 11.3. The predicted molar refractivity (Wildman–Crippen MR) is 69.5 cm³/mol. The number of rotatable bonds is 5. The zero-order valence-electron chi connectivity index (χ0n) is 11.3. The fourth-order valence-corrected chi connectivity index (χ4v) is 1.69. The third-order valence-electron chi connectivity index (χ3n) is 2.94. The minimum atomic E-state index is -4.58. The van der Waals surface area contributed by atoms with Gasteiger partial charge in [0.2, 0.25) is 5.91 Å². The van der Waals surface area contributed by atoms with Crippen LogP contribution in [-0.4, -0.2) is 19.6 Å². The summed E-state index contributed by atoms with van der Waals surface area (Å²) in [5.74, 6) is -0.968. The Labute approximate surface area is 115 Å². The van der Waals surface area contributed by atoms with E-state index in [0.717, 1.165) is 6.07 Å². The molecular formula is C13H17F3N2O2. The first-order valence-corrected chi connectivity index (χ1v) is 6.09. The molecule has 3 N–H and O–H groups in total. The first-order chi connectivity index (χ1) is 9.33. The largest absolute Gasteiger partial charge is 0.497 e. The van der Waals surface area contributed by atoms with Crippen LogP contribution in [0, 0.1) is 5.92 Å². The van der Waals surface area contributed by atoms with Gasteiger partial charge < -0.3 is 15.8 Å². The van der Waals surface area contributed by atoms with Crippen LogP contribution < -0.4 is 15.8 Å². The van der Waals surface area contributed by atoms with Crippen LogP contribution in [0.3, 0.4) is 0 Å². The minimum absolute atomic E-state index is 0.0705. The molecule has 1 rings (SSSR count). The SMILES string of the molecule is CCC(CN)C(=O)Nc1ccc(OC)cc1C(F)(F)F. The van der Waals surface area contributed by atoms with Crippen LogP contribution >= 0.6 is 0 Å². The lowest BCUT2D eigenvalue weighted by atomic mass is 10.1. The number of amides is 1. The summed E-state index contributed by atoms with van der Waals surface area (Å²) < 4.78 is 43.6. The maximum Gasteiger partial charge on any atom is 0.418 e. The Balaban J connectivity index is 3.09. The number of benzene rings is 1. The first-order valence-electron chi connectivity index (χ1n) is 6.09. The molecule has 7 heteroatoms. The third-order valence-corrected chi connectivity index (χ3v) is 2.94. The summed E-state index contributed by atoms with van der Waals surface area (Å²) in [6.45, 7) is 1.83. The van der Waals surface area contributed by atoms with Crippen molar-refractivity contribution in [3.63, 3.8) is 0 Å². The Bertz CT molecular complexity index is 471. The second kappa shape index (κ2) is 6.60. The molecule has 0 fully saturated rings. The zero-order chi connectivity index (χ0) is 15.3. The summed E-state index contributed by atoms with van der Waals surface area (Å²) in [4.78, 5) is 11.8. The van der Waals surface area contributed by atoms with Gasteiger partial charge in [-0.2, -0.15) is 13.2 Å². The van der Waals surface area contributed by atoms with Crippen LogP contribution in [0.5, 0.6) is 5.75 Å². The van der Waals surface area contributed by atoms with E-state index >= 15 is 0 Å². The van der Waals surface area contributed by atoms with Gasteiger partial charge in [-0.05, 0) is 24.6 Å². The third kappa shape index (κ3) is 3.86. The van der Waals surface area contributed by atoms with E-state index in [1.54, 1.807) is 6.92 Å². The Kier molecular flexibility index (Phi) is 5.38. The van der Waals surface area contributed by atoms with E-state index in [9.17, 15) is 18.0 Å². The fourth-order valence-electron chi connectivity index (χ4n) is 1.69. The highest BCUT2D eigenvalue weighted by atomic mass is 19.4. The molecular weight excluding hydrogens is 273 g/mol. The molecule has 112 valence electrons.